The van der Waals surface area contributed by atoms with Gasteiger partial charge in [-0.1, -0.05) is 12.1 Å². The molecule has 12 nitrogen and oxygen atoms in total. The van der Waals surface area contributed by atoms with Crippen molar-refractivity contribution in [1.29, 1.82) is 0 Å². The van der Waals surface area contributed by atoms with Gasteiger partial charge in [0.05, 0.1) is 25.8 Å². The minimum absolute atomic E-state index is 0.0865. The molecule has 0 atom stereocenters. The Kier molecular flexibility index (Phi) is 8.32. The number of fused-ring (bicyclic) bond motifs is 1. The lowest BCUT2D eigenvalue weighted by Crippen LogP contribution is -2.37. The Hall–Kier alpha value is -5.49. The molecular formula is C32H30N8O4. The van der Waals surface area contributed by atoms with Crippen LogP contribution in [0.15, 0.2) is 73.2 Å². The van der Waals surface area contributed by atoms with Crippen LogP contribution in [0, 0.1) is 0 Å². The molecule has 0 aliphatic carbocycles. The van der Waals surface area contributed by atoms with Crippen LogP contribution in [0.2, 0.25) is 0 Å². The lowest BCUT2D eigenvalue weighted by atomic mass is 10.1. The molecule has 2 amide bonds. The number of amides is 2. The standard InChI is InChI=1S/C32H30N8O4/c1-20(41)15-21-3-7-25(8-4-21)36-31(42)37-26-9-5-22(6-10-26)29-38-27-16-23(24-18-34-32(43-2)35-19-24)17-33-28(27)30(39-29)40-11-13-44-14-12-40/h3-10,16-19H,11-15H2,1-2H3,(H2,36,37,42). The molecule has 2 aromatic carbocycles. The summed E-state index contributed by atoms with van der Waals surface area (Å²) in [5.74, 6) is 1.36. The number of carbonyl (C=O) groups excluding carboxylic acids is 2. The highest BCUT2D eigenvalue weighted by Gasteiger charge is 2.20. The van der Waals surface area contributed by atoms with Crippen LogP contribution in [-0.4, -0.2) is 70.1 Å². The number of urea groups is 1. The number of ether oxygens (including phenoxy) is 2. The highest BCUT2D eigenvalue weighted by atomic mass is 16.5. The van der Waals surface area contributed by atoms with Gasteiger partial charge in [-0.15, -0.1) is 0 Å². The number of nitrogens with one attached hydrogen (secondary N) is 2. The van der Waals surface area contributed by atoms with E-state index in [4.69, 9.17) is 24.4 Å². The number of morpholine rings is 1. The van der Waals surface area contributed by atoms with Crippen molar-refractivity contribution in [3.8, 4) is 28.5 Å². The van der Waals surface area contributed by atoms with Crippen LogP contribution in [0.4, 0.5) is 22.0 Å². The Morgan fingerprint density at radius 1 is 0.841 bits per heavy atom. The molecule has 1 aliphatic heterocycles. The Morgan fingerprint density at radius 2 is 1.48 bits per heavy atom. The summed E-state index contributed by atoms with van der Waals surface area (Å²) in [6.45, 7) is 4.14. The van der Waals surface area contributed by atoms with Crippen LogP contribution in [0.3, 0.4) is 0 Å². The number of nitrogens with zero attached hydrogens (tertiary/aromatic N) is 6. The Labute approximate surface area is 253 Å². The predicted octanol–water partition coefficient (Wildman–Crippen LogP) is 4.77. The summed E-state index contributed by atoms with van der Waals surface area (Å²) in [5, 5.41) is 5.65. The zero-order valence-electron chi connectivity index (χ0n) is 24.3. The summed E-state index contributed by atoms with van der Waals surface area (Å²) in [6, 6.07) is 16.4. The third-order valence-electron chi connectivity index (χ3n) is 7.04. The number of methoxy groups -OCH3 is 1. The minimum atomic E-state index is -0.380. The monoisotopic (exact) mass is 590 g/mol. The van der Waals surface area contributed by atoms with Crippen molar-refractivity contribution >= 4 is 40.0 Å². The van der Waals surface area contributed by atoms with Crippen molar-refractivity contribution in [1.82, 2.24) is 24.9 Å². The lowest BCUT2D eigenvalue weighted by Gasteiger charge is -2.28. The maximum atomic E-state index is 12.6. The summed E-state index contributed by atoms with van der Waals surface area (Å²) in [6.07, 6.45) is 5.51. The molecule has 3 aromatic heterocycles. The number of aromatic nitrogens is 5. The van der Waals surface area contributed by atoms with Gasteiger partial charge in [-0.3, -0.25) is 9.78 Å². The van der Waals surface area contributed by atoms with E-state index in [9.17, 15) is 9.59 Å². The van der Waals surface area contributed by atoms with Crippen LogP contribution in [-0.2, 0) is 16.0 Å². The van der Waals surface area contributed by atoms with Crippen molar-refractivity contribution in [2.45, 2.75) is 13.3 Å². The molecule has 44 heavy (non-hydrogen) atoms. The van der Waals surface area contributed by atoms with Gasteiger partial charge in [-0.2, -0.15) is 0 Å². The number of rotatable bonds is 8. The fraction of sp³-hybridized carbons (Fsp3) is 0.219. The van der Waals surface area contributed by atoms with E-state index in [1.54, 1.807) is 49.8 Å². The Balaban J connectivity index is 1.24. The molecule has 4 heterocycles. The molecule has 1 aliphatic rings. The van der Waals surface area contributed by atoms with Gasteiger partial charge in [0.1, 0.15) is 11.3 Å². The first-order chi connectivity index (χ1) is 21.4. The fourth-order valence-corrected chi connectivity index (χ4v) is 4.85. The molecule has 0 bridgehead atoms. The van der Waals surface area contributed by atoms with Crippen LogP contribution < -0.4 is 20.3 Å². The maximum Gasteiger partial charge on any atom is 0.323 e. The number of carbonyl (C=O) groups is 2. The Morgan fingerprint density at radius 3 is 2.11 bits per heavy atom. The summed E-state index contributed by atoms with van der Waals surface area (Å²) < 4.78 is 10.6. The fourth-order valence-electron chi connectivity index (χ4n) is 4.85. The van der Waals surface area contributed by atoms with E-state index in [-0.39, 0.29) is 17.8 Å². The van der Waals surface area contributed by atoms with E-state index < -0.39 is 0 Å². The molecule has 1 saturated heterocycles. The number of benzene rings is 2. The quantitative estimate of drug-likeness (QED) is 0.259. The van der Waals surface area contributed by atoms with E-state index in [0.717, 1.165) is 28.1 Å². The highest BCUT2D eigenvalue weighted by molar-refractivity contribution is 6.00. The average Bonchev–Trinajstić information content (AvgIpc) is 3.05. The van der Waals surface area contributed by atoms with Gasteiger partial charge < -0.3 is 25.0 Å². The first kappa shape index (κ1) is 28.6. The predicted molar refractivity (Wildman–Crippen MR) is 167 cm³/mol. The number of hydrogen-bond donors (Lipinski definition) is 2. The zero-order valence-corrected chi connectivity index (χ0v) is 24.3. The van der Waals surface area contributed by atoms with Crippen LogP contribution >= 0.6 is 0 Å². The molecule has 2 N–H and O–H groups in total. The normalized spacial score (nSPS) is 13.0. The van der Waals surface area contributed by atoms with Crippen molar-refractivity contribution in [2.24, 2.45) is 0 Å². The molecule has 222 valence electrons. The molecular weight excluding hydrogens is 560 g/mol. The minimum Gasteiger partial charge on any atom is -0.467 e. The van der Waals surface area contributed by atoms with Gasteiger partial charge in [0.25, 0.3) is 0 Å². The van der Waals surface area contributed by atoms with Crippen LogP contribution in [0.5, 0.6) is 6.01 Å². The van der Waals surface area contributed by atoms with Crippen molar-refractivity contribution in [3.05, 3.63) is 78.8 Å². The number of ketones is 1. The number of hydrogen-bond acceptors (Lipinski definition) is 10. The van der Waals surface area contributed by atoms with Crippen molar-refractivity contribution in [3.63, 3.8) is 0 Å². The highest BCUT2D eigenvalue weighted by Crippen LogP contribution is 2.30. The van der Waals surface area contributed by atoms with Gasteiger partial charge >= 0.3 is 12.0 Å². The molecule has 6 rings (SSSR count). The van der Waals surface area contributed by atoms with Crippen LogP contribution in [0.1, 0.15) is 12.5 Å². The van der Waals surface area contributed by atoms with E-state index in [0.29, 0.717) is 61.0 Å². The molecule has 1 fully saturated rings. The summed E-state index contributed by atoms with van der Waals surface area (Å²) in [5.41, 5.74) is 5.89. The first-order valence-corrected chi connectivity index (χ1v) is 14.1. The molecule has 12 heteroatoms. The van der Waals surface area contributed by atoms with Gasteiger partial charge in [0.2, 0.25) is 0 Å². The topological polar surface area (TPSA) is 144 Å². The van der Waals surface area contributed by atoms with E-state index in [2.05, 4.69) is 25.5 Å². The molecule has 5 aromatic rings. The third-order valence-corrected chi connectivity index (χ3v) is 7.04. The second-order valence-electron chi connectivity index (χ2n) is 10.3. The van der Waals surface area contributed by atoms with Gasteiger partial charge in [0, 0.05) is 66.2 Å². The molecule has 0 spiro atoms. The van der Waals surface area contributed by atoms with Gasteiger partial charge in [-0.05, 0) is 55.0 Å². The number of pyridine rings is 1. The SMILES string of the molecule is COc1ncc(-c2cnc3c(N4CCOCC4)nc(-c4ccc(NC(=O)Nc5ccc(CC(C)=O)cc5)cc4)nc3c2)cn1. The van der Waals surface area contributed by atoms with Crippen LogP contribution in [0.25, 0.3) is 33.5 Å². The van der Waals surface area contributed by atoms with Gasteiger partial charge in [0.15, 0.2) is 11.6 Å². The first-order valence-electron chi connectivity index (χ1n) is 14.1. The molecule has 0 unspecified atom stereocenters. The average molecular weight is 591 g/mol. The smallest absolute Gasteiger partial charge is 0.323 e. The molecule has 0 radical (unpaired) electrons. The van der Waals surface area contributed by atoms with Crippen molar-refractivity contribution in [2.75, 3.05) is 48.9 Å². The van der Waals surface area contributed by atoms with E-state index in [1.165, 1.54) is 7.11 Å². The lowest BCUT2D eigenvalue weighted by molar-refractivity contribution is -0.116. The summed E-state index contributed by atoms with van der Waals surface area (Å²) in [7, 11) is 1.52. The molecule has 0 saturated carbocycles. The largest absolute Gasteiger partial charge is 0.467 e. The van der Waals surface area contributed by atoms with E-state index >= 15 is 0 Å². The summed E-state index contributed by atoms with van der Waals surface area (Å²) in [4.78, 5) is 49.1. The van der Waals surface area contributed by atoms with Crippen molar-refractivity contribution < 1.29 is 19.1 Å². The zero-order chi connectivity index (χ0) is 30.5. The Bertz CT molecular complexity index is 1790. The van der Waals surface area contributed by atoms with Gasteiger partial charge in [-0.25, -0.2) is 24.7 Å². The second-order valence-corrected chi connectivity index (χ2v) is 10.3. The number of Topliss-reactive ketones (excluding diaryl/α,β-unsaturated/α-hetero) is 1. The summed E-state index contributed by atoms with van der Waals surface area (Å²) >= 11 is 0. The number of anilines is 3. The maximum absolute atomic E-state index is 12.6. The third kappa shape index (κ3) is 6.60. The second kappa shape index (κ2) is 12.8. The van der Waals surface area contributed by atoms with E-state index in [1.807, 2.05) is 30.3 Å².